The summed E-state index contributed by atoms with van der Waals surface area (Å²) in [5.74, 6) is 1.99. The number of aryl methyl sites for hydroxylation is 1. The van der Waals surface area contributed by atoms with E-state index in [9.17, 15) is 0 Å². The third-order valence-corrected chi connectivity index (χ3v) is 4.22. The van der Waals surface area contributed by atoms with Gasteiger partial charge in [0.05, 0.1) is 23.5 Å². The van der Waals surface area contributed by atoms with Crippen LogP contribution in [0.4, 0.5) is 0 Å². The quantitative estimate of drug-likeness (QED) is 0.502. The van der Waals surface area contributed by atoms with Gasteiger partial charge in [0.15, 0.2) is 5.75 Å². The number of hydrogen-bond acceptors (Lipinski definition) is 4. The number of aromatic amines is 2. The fraction of sp³-hybridized carbons (Fsp3) is 0.0909. The van der Waals surface area contributed by atoms with Crippen LogP contribution in [-0.4, -0.2) is 15.2 Å². The monoisotopic (exact) mass is 370 g/mol. The average molecular weight is 370 g/mol. The predicted octanol–water partition coefficient (Wildman–Crippen LogP) is 4.96. The molecule has 0 atom stereocenters. The Kier molecular flexibility index (Phi) is 4.81. The van der Waals surface area contributed by atoms with Crippen molar-refractivity contribution >= 4 is 0 Å². The van der Waals surface area contributed by atoms with E-state index in [2.05, 4.69) is 27.3 Å². The average Bonchev–Trinajstić information content (AvgIpc) is 3.36. The van der Waals surface area contributed by atoms with Crippen LogP contribution in [0.5, 0.6) is 17.2 Å². The van der Waals surface area contributed by atoms with Gasteiger partial charge in [-0.3, -0.25) is 5.10 Å². The molecule has 6 heteroatoms. The van der Waals surface area contributed by atoms with Gasteiger partial charge in [0.2, 0.25) is 0 Å². The third kappa shape index (κ3) is 3.89. The highest BCUT2D eigenvalue weighted by Crippen LogP contribution is 2.33. The fourth-order valence-corrected chi connectivity index (χ4v) is 2.83. The molecule has 28 heavy (non-hydrogen) atoms. The first-order valence-corrected chi connectivity index (χ1v) is 8.80. The number of nitrogens with zero attached hydrogens (tertiary/aromatic N) is 2. The number of nitrogens with one attached hydrogen (secondary N) is 2. The fourth-order valence-electron chi connectivity index (χ4n) is 2.83. The van der Waals surface area contributed by atoms with Crippen molar-refractivity contribution < 1.29 is 9.47 Å². The van der Waals surface area contributed by atoms with Crippen molar-refractivity contribution in [3.05, 3.63) is 83.8 Å². The Bertz CT molecular complexity index is 1120. The molecule has 0 amide bonds. The molecule has 0 unspecified atom stereocenters. The van der Waals surface area contributed by atoms with E-state index in [4.69, 9.17) is 14.7 Å². The molecule has 2 N–H and O–H groups in total. The molecule has 0 aliphatic heterocycles. The first-order valence-electron chi connectivity index (χ1n) is 8.80. The van der Waals surface area contributed by atoms with E-state index in [1.165, 1.54) is 5.56 Å². The summed E-state index contributed by atoms with van der Waals surface area (Å²) < 4.78 is 11.8. The van der Waals surface area contributed by atoms with Crippen LogP contribution in [0.1, 0.15) is 16.8 Å². The smallest absolute Gasteiger partial charge is 0.172 e. The maximum absolute atomic E-state index is 8.90. The lowest BCUT2D eigenvalue weighted by atomic mass is 10.1. The Morgan fingerprint density at radius 3 is 2.68 bits per heavy atom. The molecule has 0 spiro atoms. The first-order chi connectivity index (χ1) is 13.7. The second-order valence-electron chi connectivity index (χ2n) is 6.37. The van der Waals surface area contributed by atoms with Crippen LogP contribution in [0.25, 0.3) is 11.3 Å². The molecule has 6 nitrogen and oxygen atoms in total. The molecule has 2 aromatic heterocycles. The summed E-state index contributed by atoms with van der Waals surface area (Å²) in [4.78, 5) is 3.18. The Balaban J connectivity index is 1.51. The van der Waals surface area contributed by atoms with Crippen molar-refractivity contribution in [1.82, 2.24) is 15.2 Å². The number of aromatic nitrogens is 3. The molecule has 4 rings (SSSR count). The minimum absolute atomic E-state index is 0.467. The lowest BCUT2D eigenvalue weighted by molar-refractivity contribution is 0.302. The highest BCUT2D eigenvalue weighted by molar-refractivity contribution is 5.67. The van der Waals surface area contributed by atoms with E-state index >= 15 is 0 Å². The van der Waals surface area contributed by atoms with Crippen LogP contribution in [0, 0.1) is 18.3 Å². The summed E-state index contributed by atoms with van der Waals surface area (Å²) in [6, 6.07) is 18.8. The van der Waals surface area contributed by atoms with Gasteiger partial charge in [0.1, 0.15) is 23.8 Å². The molecular formula is C22H18N4O2. The van der Waals surface area contributed by atoms with Gasteiger partial charge in [-0.15, -0.1) is 0 Å². The molecule has 138 valence electrons. The SMILES string of the molecule is Cc1c[nH]c(COc2cccc(-c3[nH]ncc3Oc3ccc(C#N)cc3)c2)c1. The molecule has 0 aliphatic carbocycles. The summed E-state index contributed by atoms with van der Waals surface area (Å²) in [7, 11) is 0. The van der Waals surface area contributed by atoms with Crippen molar-refractivity contribution in [2.75, 3.05) is 0 Å². The highest BCUT2D eigenvalue weighted by atomic mass is 16.5. The molecule has 0 radical (unpaired) electrons. The molecule has 0 saturated heterocycles. The normalized spacial score (nSPS) is 10.4. The van der Waals surface area contributed by atoms with Crippen molar-refractivity contribution in [3.63, 3.8) is 0 Å². The Labute approximate surface area is 162 Å². The predicted molar refractivity (Wildman–Crippen MR) is 105 cm³/mol. The lowest BCUT2D eigenvalue weighted by Gasteiger charge is -2.09. The lowest BCUT2D eigenvalue weighted by Crippen LogP contribution is -1.95. The topological polar surface area (TPSA) is 86.7 Å². The maximum atomic E-state index is 8.90. The Morgan fingerprint density at radius 2 is 1.93 bits per heavy atom. The van der Waals surface area contributed by atoms with Gasteiger partial charge in [0.25, 0.3) is 0 Å². The second kappa shape index (κ2) is 7.72. The van der Waals surface area contributed by atoms with Crippen LogP contribution in [0.2, 0.25) is 0 Å². The van der Waals surface area contributed by atoms with Gasteiger partial charge in [-0.05, 0) is 55.0 Å². The first kappa shape index (κ1) is 17.4. The minimum Gasteiger partial charge on any atom is -0.487 e. The number of nitriles is 1. The molecule has 0 aliphatic rings. The van der Waals surface area contributed by atoms with Gasteiger partial charge in [0, 0.05) is 11.8 Å². The van der Waals surface area contributed by atoms with Gasteiger partial charge in [-0.25, -0.2) is 0 Å². The van der Waals surface area contributed by atoms with Crippen molar-refractivity contribution in [1.29, 1.82) is 5.26 Å². The third-order valence-electron chi connectivity index (χ3n) is 4.22. The number of rotatable bonds is 6. The minimum atomic E-state index is 0.467. The van der Waals surface area contributed by atoms with E-state index in [-0.39, 0.29) is 0 Å². The van der Waals surface area contributed by atoms with Crippen LogP contribution in [-0.2, 0) is 6.61 Å². The van der Waals surface area contributed by atoms with E-state index in [0.717, 1.165) is 22.7 Å². The van der Waals surface area contributed by atoms with Gasteiger partial charge in [-0.2, -0.15) is 10.4 Å². The zero-order chi connectivity index (χ0) is 19.3. The molecule has 2 aromatic carbocycles. The van der Waals surface area contributed by atoms with E-state index in [0.29, 0.717) is 23.7 Å². The number of ether oxygens (including phenoxy) is 2. The molecule has 0 fully saturated rings. The van der Waals surface area contributed by atoms with Crippen molar-refractivity contribution in [2.24, 2.45) is 0 Å². The Hall–Kier alpha value is -3.98. The summed E-state index contributed by atoms with van der Waals surface area (Å²) in [6.45, 7) is 2.50. The molecule has 0 bridgehead atoms. The van der Waals surface area contributed by atoms with Crippen LogP contribution < -0.4 is 9.47 Å². The van der Waals surface area contributed by atoms with Crippen molar-refractivity contribution in [3.8, 4) is 34.6 Å². The summed E-state index contributed by atoms with van der Waals surface area (Å²) in [5.41, 5.74) is 4.44. The standard InChI is InChI=1S/C22H18N4O2/c1-15-9-18(24-12-15)14-27-20-4-2-3-17(10-20)22-21(13-25-26-22)28-19-7-5-16(11-23)6-8-19/h2-10,12-13,24H,14H2,1H3,(H,25,26). The summed E-state index contributed by atoms with van der Waals surface area (Å²) >= 11 is 0. The molecule has 4 aromatic rings. The highest BCUT2D eigenvalue weighted by Gasteiger charge is 2.11. The number of H-pyrrole nitrogens is 2. The number of benzene rings is 2. The number of hydrogen-bond donors (Lipinski definition) is 2. The van der Waals surface area contributed by atoms with Crippen LogP contribution >= 0.6 is 0 Å². The van der Waals surface area contributed by atoms with E-state index < -0.39 is 0 Å². The van der Waals surface area contributed by atoms with Gasteiger partial charge < -0.3 is 14.5 Å². The van der Waals surface area contributed by atoms with Gasteiger partial charge >= 0.3 is 0 Å². The van der Waals surface area contributed by atoms with Crippen LogP contribution in [0.15, 0.2) is 67.0 Å². The van der Waals surface area contributed by atoms with Crippen LogP contribution in [0.3, 0.4) is 0 Å². The van der Waals surface area contributed by atoms with E-state index in [1.807, 2.05) is 37.4 Å². The molecule has 0 saturated carbocycles. The Morgan fingerprint density at radius 1 is 1.07 bits per heavy atom. The van der Waals surface area contributed by atoms with Crippen molar-refractivity contribution in [2.45, 2.75) is 13.5 Å². The largest absolute Gasteiger partial charge is 0.487 e. The van der Waals surface area contributed by atoms with Gasteiger partial charge in [-0.1, -0.05) is 12.1 Å². The second-order valence-corrected chi connectivity index (χ2v) is 6.37. The zero-order valence-corrected chi connectivity index (χ0v) is 15.3. The zero-order valence-electron chi connectivity index (χ0n) is 15.3. The molecular weight excluding hydrogens is 352 g/mol. The summed E-state index contributed by atoms with van der Waals surface area (Å²) in [6.07, 6.45) is 3.58. The maximum Gasteiger partial charge on any atom is 0.172 e. The molecule has 2 heterocycles. The van der Waals surface area contributed by atoms with E-state index in [1.54, 1.807) is 30.5 Å². The summed E-state index contributed by atoms with van der Waals surface area (Å²) in [5, 5.41) is 16.0.